The molecule has 1 atom stereocenters. The Morgan fingerprint density at radius 1 is 0.745 bits per heavy atom. The van der Waals surface area contributed by atoms with E-state index in [-0.39, 0.29) is 11.3 Å². The molecule has 0 aromatic heterocycles. The van der Waals surface area contributed by atoms with Crippen molar-refractivity contribution in [2.75, 3.05) is 5.32 Å². The molecule has 0 saturated carbocycles. The summed E-state index contributed by atoms with van der Waals surface area (Å²) in [6, 6.07) is 33.7. The summed E-state index contributed by atoms with van der Waals surface area (Å²) in [5.41, 5.74) is 9.37. The minimum Gasteiger partial charge on any atom is -0.489 e. The van der Waals surface area contributed by atoms with Crippen LogP contribution in [0.4, 0.5) is 5.69 Å². The lowest BCUT2D eigenvalue weighted by atomic mass is 10.0. The molecule has 0 aliphatic heterocycles. The fourth-order valence-corrected chi connectivity index (χ4v) is 5.34. The minimum absolute atomic E-state index is 0.0491. The predicted molar refractivity (Wildman–Crippen MR) is 177 cm³/mol. The number of anilines is 1. The zero-order chi connectivity index (χ0) is 32.8. The van der Waals surface area contributed by atoms with Crippen LogP contribution >= 0.6 is 0 Å². The van der Waals surface area contributed by atoms with Gasteiger partial charge in [-0.1, -0.05) is 60.7 Å². The first kappa shape index (κ1) is 30.8. The van der Waals surface area contributed by atoms with E-state index in [1.165, 1.54) is 6.07 Å². The molecule has 5 aromatic rings. The van der Waals surface area contributed by atoms with Gasteiger partial charge in [0.15, 0.2) is 5.78 Å². The smallest absolute Gasteiger partial charge is 0.252 e. The third-order valence-corrected chi connectivity index (χ3v) is 7.77. The quantitative estimate of drug-likeness (QED) is 0.156. The fraction of sp³-hybridized carbons (Fsp3) is 0.105. The van der Waals surface area contributed by atoms with E-state index >= 15 is 0 Å². The number of nitrogens with one attached hydrogen (secondary N) is 2. The second-order valence-corrected chi connectivity index (χ2v) is 11.0. The van der Waals surface area contributed by atoms with E-state index in [4.69, 9.17) is 15.2 Å². The van der Waals surface area contributed by atoms with Gasteiger partial charge in [-0.3, -0.25) is 19.2 Å². The molecule has 3 amide bonds. The van der Waals surface area contributed by atoms with Gasteiger partial charge in [0, 0.05) is 23.2 Å². The van der Waals surface area contributed by atoms with Gasteiger partial charge >= 0.3 is 0 Å². The van der Waals surface area contributed by atoms with Crippen LogP contribution < -0.4 is 25.8 Å². The number of fused-ring (bicyclic) bond motifs is 1. The van der Waals surface area contributed by atoms with E-state index < -0.39 is 23.8 Å². The molecule has 5 aromatic carbocycles. The van der Waals surface area contributed by atoms with Crippen LogP contribution in [0.25, 0.3) is 0 Å². The Morgan fingerprint density at radius 2 is 1.47 bits per heavy atom. The molecule has 0 bridgehead atoms. The average Bonchev–Trinajstić information content (AvgIpc) is 3.48. The Labute approximate surface area is 271 Å². The highest BCUT2D eigenvalue weighted by Gasteiger charge is 2.25. The lowest BCUT2D eigenvalue weighted by Gasteiger charge is -2.20. The topological polar surface area (TPSA) is 137 Å². The number of amides is 3. The Hall–Kier alpha value is -6.22. The van der Waals surface area contributed by atoms with Gasteiger partial charge in [-0.2, -0.15) is 0 Å². The lowest BCUT2D eigenvalue weighted by molar-refractivity contribution is -0.118. The summed E-state index contributed by atoms with van der Waals surface area (Å²) >= 11 is 0. The molecular formula is C38H31N3O6. The maximum Gasteiger partial charge on any atom is 0.252 e. The maximum atomic E-state index is 13.6. The predicted octanol–water partition coefficient (Wildman–Crippen LogP) is 6.40. The normalized spacial score (nSPS) is 12.5. The highest BCUT2D eigenvalue weighted by Crippen LogP contribution is 2.33. The molecule has 0 unspecified atom stereocenters. The molecular weight excluding hydrogens is 594 g/mol. The van der Waals surface area contributed by atoms with Crippen molar-refractivity contribution < 1.29 is 28.7 Å². The first-order valence-electron chi connectivity index (χ1n) is 15.1. The van der Waals surface area contributed by atoms with E-state index in [0.717, 1.165) is 11.1 Å². The van der Waals surface area contributed by atoms with Crippen LogP contribution in [0.1, 0.15) is 60.2 Å². The monoisotopic (exact) mass is 625 g/mol. The summed E-state index contributed by atoms with van der Waals surface area (Å²) in [5, 5.41) is 5.60. The van der Waals surface area contributed by atoms with E-state index in [1.807, 2.05) is 42.5 Å². The van der Waals surface area contributed by atoms with Gasteiger partial charge in [0.2, 0.25) is 5.91 Å². The van der Waals surface area contributed by atoms with Crippen molar-refractivity contribution in [1.82, 2.24) is 5.32 Å². The number of carbonyl (C=O) groups excluding carboxylic acids is 4. The largest absolute Gasteiger partial charge is 0.489 e. The molecule has 4 N–H and O–H groups in total. The zero-order valence-corrected chi connectivity index (χ0v) is 25.3. The summed E-state index contributed by atoms with van der Waals surface area (Å²) in [5.74, 6) is -0.0671. The van der Waals surface area contributed by atoms with Crippen molar-refractivity contribution in [2.45, 2.75) is 25.5 Å². The number of nitrogens with two attached hydrogens (primary N) is 1. The van der Waals surface area contributed by atoms with Gasteiger partial charge in [0.1, 0.15) is 29.9 Å². The maximum absolute atomic E-state index is 13.6. The van der Waals surface area contributed by atoms with Crippen LogP contribution in [0.2, 0.25) is 0 Å². The van der Waals surface area contributed by atoms with Crippen molar-refractivity contribution >= 4 is 29.2 Å². The molecule has 0 fully saturated rings. The highest BCUT2D eigenvalue weighted by molar-refractivity contribution is 6.03. The lowest BCUT2D eigenvalue weighted by Crippen LogP contribution is -2.37. The number of aryl methyl sites for hydroxylation is 1. The highest BCUT2D eigenvalue weighted by atomic mass is 16.5. The van der Waals surface area contributed by atoms with Crippen molar-refractivity contribution in [3.8, 4) is 17.2 Å². The molecule has 0 spiro atoms. The van der Waals surface area contributed by atoms with Gasteiger partial charge in [-0.15, -0.1) is 0 Å². The summed E-state index contributed by atoms with van der Waals surface area (Å²) in [6.45, 7) is 0.375. The van der Waals surface area contributed by atoms with Crippen molar-refractivity contribution in [1.29, 1.82) is 0 Å². The summed E-state index contributed by atoms with van der Waals surface area (Å²) in [7, 11) is 0. The molecule has 1 aliphatic carbocycles. The molecule has 0 heterocycles. The number of Topliss-reactive ketones (excluding diaryl/α,β-unsaturated/α-hetero) is 1. The Kier molecular flexibility index (Phi) is 9.06. The molecule has 47 heavy (non-hydrogen) atoms. The minimum atomic E-state index is -1.10. The Morgan fingerprint density at radius 3 is 2.21 bits per heavy atom. The Bertz CT molecular complexity index is 1940. The van der Waals surface area contributed by atoms with Crippen LogP contribution in [0.5, 0.6) is 17.2 Å². The first-order chi connectivity index (χ1) is 22.8. The van der Waals surface area contributed by atoms with E-state index in [9.17, 15) is 19.2 Å². The van der Waals surface area contributed by atoms with Crippen LogP contribution in [0.15, 0.2) is 121 Å². The zero-order valence-electron chi connectivity index (χ0n) is 25.3. The van der Waals surface area contributed by atoms with Gasteiger partial charge < -0.3 is 25.8 Å². The second kappa shape index (κ2) is 13.8. The van der Waals surface area contributed by atoms with Crippen molar-refractivity contribution in [2.24, 2.45) is 5.73 Å². The van der Waals surface area contributed by atoms with Crippen molar-refractivity contribution in [3.63, 3.8) is 0 Å². The van der Waals surface area contributed by atoms with Gasteiger partial charge in [0.05, 0.1) is 5.56 Å². The van der Waals surface area contributed by atoms with Crippen molar-refractivity contribution in [3.05, 3.63) is 155 Å². The molecule has 0 saturated heterocycles. The van der Waals surface area contributed by atoms with Crippen LogP contribution in [0.3, 0.4) is 0 Å². The first-order valence-corrected chi connectivity index (χ1v) is 15.1. The number of carbonyl (C=O) groups is 4. The number of benzene rings is 5. The SMILES string of the molecule is NC(=O)c1cccc(NC(=O)[C@@H](NC(=O)c2ccc(Oc3cccc4c3C(=O)CC4)cc2)c2ccc(OCc3ccccc3)cc2)c1. The summed E-state index contributed by atoms with van der Waals surface area (Å²) < 4.78 is 11.9. The number of ether oxygens (including phenoxy) is 2. The number of hydrogen-bond donors (Lipinski definition) is 3. The molecule has 1 aliphatic rings. The van der Waals surface area contributed by atoms with Gasteiger partial charge in [-0.05, 0) is 83.8 Å². The summed E-state index contributed by atoms with van der Waals surface area (Å²) in [4.78, 5) is 51.1. The van der Waals surface area contributed by atoms with E-state index in [1.54, 1.807) is 72.8 Å². The molecule has 9 heteroatoms. The number of hydrogen-bond acceptors (Lipinski definition) is 6. The van der Waals surface area contributed by atoms with Gasteiger partial charge in [0.25, 0.3) is 11.8 Å². The van der Waals surface area contributed by atoms with Crippen LogP contribution in [-0.2, 0) is 17.8 Å². The average molecular weight is 626 g/mol. The molecule has 0 radical (unpaired) electrons. The summed E-state index contributed by atoms with van der Waals surface area (Å²) in [6.07, 6.45) is 1.16. The molecule has 234 valence electrons. The third kappa shape index (κ3) is 7.37. The standard InChI is InChI=1S/C38H31N3O6/c39-36(43)28-9-4-10-29(22-28)40-38(45)35(26-12-17-30(18-13-26)46-23-24-6-2-1-3-7-24)41-37(44)27-14-19-31(20-15-27)47-33-11-5-8-25-16-21-32(42)34(25)33/h1-15,17-20,22,35H,16,21,23H2,(H2,39,43)(H,40,45)(H,41,44)/t35-/m0/s1. The van der Waals surface area contributed by atoms with E-state index in [0.29, 0.717) is 59.1 Å². The molecule has 6 rings (SSSR count). The Balaban J connectivity index is 1.19. The van der Waals surface area contributed by atoms with Crippen LogP contribution in [-0.4, -0.2) is 23.5 Å². The van der Waals surface area contributed by atoms with Gasteiger partial charge in [-0.25, -0.2) is 0 Å². The number of rotatable bonds is 11. The van der Waals surface area contributed by atoms with E-state index in [2.05, 4.69) is 10.6 Å². The second-order valence-electron chi connectivity index (χ2n) is 11.0. The third-order valence-electron chi connectivity index (χ3n) is 7.77. The number of ketones is 1. The van der Waals surface area contributed by atoms with Crippen LogP contribution in [0, 0.1) is 0 Å². The number of primary amides is 1. The fourth-order valence-electron chi connectivity index (χ4n) is 5.34. The molecule has 9 nitrogen and oxygen atoms in total.